The maximum Gasteiger partial charge on any atom is 0.137 e. The average Bonchev–Trinajstić information content (AvgIpc) is 3.91. The molecule has 0 atom stereocenters. The fourth-order valence-corrected chi connectivity index (χ4v) is 8.96. The van der Waals surface area contributed by atoms with Crippen molar-refractivity contribution in [2.45, 2.75) is 0 Å². The van der Waals surface area contributed by atoms with Crippen molar-refractivity contribution in [2.24, 2.45) is 0 Å². The highest BCUT2D eigenvalue weighted by Crippen LogP contribution is 2.43. The highest BCUT2D eigenvalue weighted by molar-refractivity contribution is 6.25. The summed E-state index contributed by atoms with van der Waals surface area (Å²) >= 11 is 0. The molecule has 0 bridgehead atoms. The van der Waals surface area contributed by atoms with Gasteiger partial charge in [-0.1, -0.05) is 121 Å². The van der Waals surface area contributed by atoms with E-state index in [0.717, 1.165) is 33.3 Å². The second-order valence-corrected chi connectivity index (χ2v) is 14.5. The summed E-state index contributed by atoms with van der Waals surface area (Å²) in [5.74, 6) is 0. The van der Waals surface area contributed by atoms with E-state index in [0.29, 0.717) is 0 Å². The zero-order valence-corrected chi connectivity index (χ0v) is 29.8. The monoisotopic (exact) mass is 700 g/mol. The van der Waals surface area contributed by atoms with Crippen LogP contribution in [0.15, 0.2) is 199 Å². The lowest BCUT2D eigenvalue weighted by molar-refractivity contribution is 0.669. The molecule has 12 aromatic rings. The SMILES string of the molecule is c1ccc(-c2cccc(-n3c4ccccc4c4cc(-c5ccc6c(c5)c5ccc7oc8ccccc8c7c5n6-c5ccc6ccccc6c5)ccc43)c2)cc1. The molecule has 0 unspecified atom stereocenters. The first-order valence-electron chi connectivity index (χ1n) is 18.8. The molecule has 0 aliphatic carbocycles. The van der Waals surface area contributed by atoms with Crippen molar-refractivity contribution in [3.63, 3.8) is 0 Å². The van der Waals surface area contributed by atoms with Crippen molar-refractivity contribution >= 4 is 76.3 Å². The molecule has 12 rings (SSSR count). The molecule has 0 spiro atoms. The van der Waals surface area contributed by atoms with Crippen LogP contribution in [0.5, 0.6) is 0 Å². The van der Waals surface area contributed by atoms with E-state index in [-0.39, 0.29) is 0 Å². The van der Waals surface area contributed by atoms with E-state index in [1.54, 1.807) is 0 Å². The van der Waals surface area contributed by atoms with E-state index in [2.05, 4.69) is 197 Å². The van der Waals surface area contributed by atoms with Crippen molar-refractivity contribution in [3.05, 3.63) is 194 Å². The van der Waals surface area contributed by atoms with Gasteiger partial charge in [-0.15, -0.1) is 0 Å². The summed E-state index contributed by atoms with van der Waals surface area (Å²) in [6.07, 6.45) is 0. The standard InChI is InChI=1S/C52H32N2O/c1-2-11-33(12-3-1)36-15-10-16-39(29-36)53-46-19-8-6-17-41(46)44-31-37(22-26-47(44)53)38-23-27-48-45(32-38)42-25-28-50-51(43-18-7-9-20-49(43)55-50)52(42)54(48)40-24-21-34-13-4-5-14-35(34)30-40/h1-32H. The Bertz CT molecular complexity index is 3490. The second kappa shape index (κ2) is 11.6. The van der Waals surface area contributed by atoms with Crippen LogP contribution in [0.3, 0.4) is 0 Å². The number of aromatic nitrogens is 2. The average molecular weight is 701 g/mol. The summed E-state index contributed by atoms with van der Waals surface area (Å²) in [6, 6.07) is 70.3. The molecule has 0 fully saturated rings. The molecule has 0 aliphatic rings. The van der Waals surface area contributed by atoms with Gasteiger partial charge in [-0.05, 0) is 106 Å². The fourth-order valence-electron chi connectivity index (χ4n) is 8.96. The van der Waals surface area contributed by atoms with Gasteiger partial charge in [0, 0.05) is 38.3 Å². The minimum Gasteiger partial charge on any atom is -0.456 e. The van der Waals surface area contributed by atoms with Crippen molar-refractivity contribution in [2.75, 3.05) is 0 Å². The second-order valence-electron chi connectivity index (χ2n) is 14.5. The van der Waals surface area contributed by atoms with Gasteiger partial charge in [0.15, 0.2) is 0 Å². The Kier molecular flexibility index (Phi) is 6.34. The lowest BCUT2D eigenvalue weighted by Crippen LogP contribution is -1.94. The normalized spacial score (nSPS) is 12.0. The van der Waals surface area contributed by atoms with Crippen molar-refractivity contribution in [1.82, 2.24) is 9.13 Å². The predicted octanol–water partition coefficient (Wildman–Crippen LogP) is 14.3. The van der Waals surface area contributed by atoms with Gasteiger partial charge in [0.25, 0.3) is 0 Å². The Morgan fingerprint density at radius 1 is 0.309 bits per heavy atom. The van der Waals surface area contributed by atoms with Crippen LogP contribution in [0.2, 0.25) is 0 Å². The van der Waals surface area contributed by atoms with E-state index in [1.165, 1.54) is 76.6 Å². The van der Waals surface area contributed by atoms with Crippen LogP contribution in [0, 0.1) is 0 Å². The molecule has 0 saturated carbocycles. The molecule has 3 heteroatoms. The summed E-state index contributed by atoms with van der Waals surface area (Å²) < 4.78 is 11.3. The van der Waals surface area contributed by atoms with Gasteiger partial charge in [-0.3, -0.25) is 0 Å². The fraction of sp³-hybridized carbons (Fsp3) is 0. The molecule has 0 radical (unpaired) electrons. The Morgan fingerprint density at radius 3 is 1.80 bits per heavy atom. The number of para-hydroxylation sites is 2. The minimum absolute atomic E-state index is 0.898. The van der Waals surface area contributed by atoms with Gasteiger partial charge in [0.1, 0.15) is 11.2 Å². The zero-order chi connectivity index (χ0) is 36.0. The molecule has 3 nitrogen and oxygen atoms in total. The zero-order valence-electron chi connectivity index (χ0n) is 29.8. The molecule has 256 valence electrons. The van der Waals surface area contributed by atoms with Crippen LogP contribution in [0.4, 0.5) is 0 Å². The van der Waals surface area contributed by atoms with Crippen LogP contribution < -0.4 is 0 Å². The summed E-state index contributed by atoms with van der Waals surface area (Å²) in [4.78, 5) is 0. The maximum absolute atomic E-state index is 6.43. The third kappa shape index (κ3) is 4.50. The molecule has 0 aliphatic heterocycles. The van der Waals surface area contributed by atoms with Gasteiger partial charge < -0.3 is 13.6 Å². The van der Waals surface area contributed by atoms with E-state index in [1.807, 2.05) is 6.07 Å². The molecular weight excluding hydrogens is 669 g/mol. The molecule has 9 aromatic carbocycles. The van der Waals surface area contributed by atoms with Crippen LogP contribution in [0.25, 0.3) is 110 Å². The van der Waals surface area contributed by atoms with Crippen LogP contribution in [0.1, 0.15) is 0 Å². The molecular formula is C52H32N2O. The third-order valence-corrected chi connectivity index (χ3v) is 11.5. The number of furan rings is 1. The van der Waals surface area contributed by atoms with E-state index in [4.69, 9.17) is 4.42 Å². The Morgan fingerprint density at radius 2 is 0.945 bits per heavy atom. The largest absolute Gasteiger partial charge is 0.456 e. The summed E-state index contributed by atoms with van der Waals surface area (Å²) in [6.45, 7) is 0. The summed E-state index contributed by atoms with van der Waals surface area (Å²) in [5, 5.41) is 9.63. The van der Waals surface area contributed by atoms with E-state index < -0.39 is 0 Å². The van der Waals surface area contributed by atoms with Crippen LogP contribution >= 0.6 is 0 Å². The molecule has 3 aromatic heterocycles. The van der Waals surface area contributed by atoms with Crippen molar-refractivity contribution in [1.29, 1.82) is 0 Å². The van der Waals surface area contributed by atoms with Gasteiger partial charge in [-0.25, -0.2) is 0 Å². The van der Waals surface area contributed by atoms with Gasteiger partial charge in [-0.2, -0.15) is 0 Å². The van der Waals surface area contributed by atoms with Gasteiger partial charge >= 0.3 is 0 Å². The minimum atomic E-state index is 0.898. The quantitative estimate of drug-likeness (QED) is 0.179. The predicted molar refractivity (Wildman–Crippen MR) is 231 cm³/mol. The molecule has 0 saturated heterocycles. The Balaban J connectivity index is 1.08. The number of benzene rings is 9. The van der Waals surface area contributed by atoms with Crippen LogP contribution in [-0.4, -0.2) is 9.13 Å². The van der Waals surface area contributed by atoms with E-state index >= 15 is 0 Å². The first kappa shape index (κ1) is 30.1. The Labute approximate surface area is 316 Å². The first-order valence-corrected chi connectivity index (χ1v) is 18.8. The molecule has 0 N–H and O–H groups in total. The lowest BCUT2D eigenvalue weighted by atomic mass is 10.00. The smallest absolute Gasteiger partial charge is 0.137 e. The molecule has 0 amide bonds. The van der Waals surface area contributed by atoms with E-state index in [9.17, 15) is 0 Å². The number of hydrogen-bond donors (Lipinski definition) is 0. The molecule has 55 heavy (non-hydrogen) atoms. The molecule has 3 heterocycles. The Hall–Kier alpha value is -7.36. The topological polar surface area (TPSA) is 23.0 Å². The number of nitrogens with zero attached hydrogens (tertiary/aromatic N) is 2. The number of hydrogen-bond acceptors (Lipinski definition) is 1. The number of rotatable bonds is 4. The third-order valence-electron chi connectivity index (χ3n) is 11.5. The van der Waals surface area contributed by atoms with Gasteiger partial charge in [0.2, 0.25) is 0 Å². The van der Waals surface area contributed by atoms with Crippen molar-refractivity contribution < 1.29 is 4.42 Å². The highest BCUT2D eigenvalue weighted by atomic mass is 16.3. The number of fused-ring (bicyclic) bond motifs is 11. The summed E-state index contributed by atoms with van der Waals surface area (Å²) in [7, 11) is 0. The van der Waals surface area contributed by atoms with Crippen molar-refractivity contribution in [3.8, 4) is 33.6 Å². The highest BCUT2D eigenvalue weighted by Gasteiger charge is 2.20. The maximum atomic E-state index is 6.43. The first-order chi connectivity index (χ1) is 27.3. The van der Waals surface area contributed by atoms with Gasteiger partial charge in [0.05, 0.1) is 27.5 Å². The summed E-state index contributed by atoms with van der Waals surface area (Å²) in [5.41, 5.74) is 13.6. The van der Waals surface area contributed by atoms with Crippen LogP contribution in [-0.2, 0) is 0 Å². The lowest BCUT2D eigenvalue weighted by Gasteiger charge is -2.11.